The maximum Gasteiger partial charge on any atom is 0.407 e. The Hall–Kier alpha value is -2.08. The highest BCUT2D eigenvalue weighted by atomic mass is 16.6. The minimum atomic E-state index is -0.599. The predicted molar refractivity (Wildman–Crippen MR) is 102 cm³/mol. The van der Waals surface area contributed by atoms with Gasteiger partial charge in [0.15, 0.2) is 0 Å². The van der Waals surface area contributed by atoms with Gasteiger partial charge in [0.25, 0.3) is 0 Å². The molecule has 6 heteroatoms. The predicted octanol–water partition coefficient (Wildman–Crippen LogP) is 3.40. The third-order valence-corrected chi connectivity index (χ3v) is 3.12. The highest BCUT2D eigenvalue weighted by molar-refractivity contribution is 5.73. The molecule has 0 aromatic heterocycles. The second kappa shape index (κ2) is 9.57. The molecule has 0 fully saturated rings. The summed E-state index contributed by atoms with van der Waals surface area (Å²) < 4.78 is 10.6. The normalized spacial score (nSPS) is 13.0. The van der Waals surface area contributed by atoms with Gasteiger partial charge in [0.05, 0.1) is 12.5 Å². The van der Waals surface area contributed by atoms with E-state index in [9.17, 15) is 9.59 Å². The van der Waals surface area contributed by atoms with Crippen molar-refractivity contribution in [1.82, 2.24) is 10.6 Å². The number of amides is 1. The summed E-state index contributed by atoms with van der Waals surface area (Å²) in [7, 11) is 0. The zero-order valence-corrected chi connectivity index (χ0v) is 16.7. The fourth-order valence-corrected chi connectivity index (χ4v) is 2.22. The lowest BCUT2D eigenvalue weighted by atomic mass is 10.1. The summed E-state index contributed by atoms with van der Waals surface area (Å²) in [5, 5.41) is 6.01. The standard InChI is InChI=1S/C20H32N2O4/c1-19(2,3)25-17(23)12-16(22-18(24)26-20(4,5)6)14-21-13-15-10-8-7-9-11-15/h7-11,16,21H,12-14H2,1-6H3,(H,22,24)/t16-/m0/s1. The van der Waals surface area contributed by atoms with E-state index >= 15 is 0 Å². The van der Waals surface area contributed by atoms with Gasteiger partial charge in [-0.2, -0.15) is 0 Å². The Labute approximate surface area is 156 Å². The van der Waals surface area contributed by atoms with E-state index in [0.717, 1.165) is 5.56 Å². The quantitative estimate of drug-likeness (QED) is 0.725. The molecule has 0 saturated heterocycles. The zero-order chi connectivity index (χ0) is 19.8. The molecular formula is C20H32N2O4. The number of alkyl carbamates (subject to hydrolysis) is 1. The summed E-state index contributed by atoms with van der Waals surface area (Å²) >= 11 is 0. The van der Waals surface area contributed by atoms with Crippen LogP contribution in [0.15, 0.2) is 30.3 Å². The number of hydrogen-bond acceptors (Lipinski definition) is 5. The maximum absolute atomic E-state index is 12.1. The number of esters is 1. The molecular weight excluding hydrogens is 332 g/mol. The van der Waals surface area contributed by atoms with Crippen LogP contribution in [0.25, 0.3) is 0 Å². The van der Waals surface area contributed by atoms with Crippen molar-refractivity contribution >= 4 is 12.1 Å². The first-order valence-electron chi connectivity index (χ1n) is 8.90. The number of hydrogen-bond donors (Lipinski definition) is 2. The summed E-state index contributed by atoms with van der Waals surface area (Å²) in [6.07, 6.45) is -0.481. The van der Waals surface area contributed by atoms with Gasteiger partial charge in [0.1, 0.15) is 11.2 Å². The molecule has 26 heavy (non-hydrogen) atoms. The van der Waals surface area contributed by atoms with Gasteiger partial charge in [-0.1, -0.05) is 30.3 Å². The maximum atomic E-state index is 12.1. The van der Waals surface area contributed by atoms with Crippen molar-refractivity contribution in [2.75, 3.05) is 6.54 Å². The molecule has 0 radical (unpaired) electrons. The van der Waals surface area contributed by atoms with Gasteiger partial charge in [-0.15, -0.1) is 0 Å². The van der Waals surface area contributed by atoms with E-state index in [1.54, 1.807) is 20.8 Å². The van der Waals surface area contributed by atoms with Crippen LogP contribution in [-0.4, -0.2) is 35.9 Å². The molecule has 0 bridgehead atoms. The molecule has 1 atom stereocenters. The molecule has 6 nitrogen and oxygen atoms in total. The molecule has 1 rings (SSSR count). The van der Waals surface area contributed by atoms with E-state index in [1.165, 1.54) is 0 Å². The Balaban J connectivity index is 2.61. The van der Waals surface area contributed by atoms with Crippen molar-refractivity contribution in [3.8, 4) is 0 Å². The van der Waals surface area contributed by atoms with E-state index in [4.69, 9.17) is 9.47 Å². The first kappa shape index (κ1) is 22.0. The summed E-state index contributed by atoms with van der Waals surface area (Å²) in [5.41, 5.74) is -0.0379. The van der Waals surface area contributed by atoms with E-state index in [1.807, 2.05) is 51.1 Å². The van der Waals surface area contributed by atoms with Crippen LogP contribution in [0.2, 0.25) is 0 Å². The Morgan fingerprint density at radius 3 is 2.08 bits per heavy atom. The van der Waals surface area contributed by atoms with Crippen LogP contribution in [0.5, 0.6) is 0 Å². The van der Waals surface area contributed by atoms with E-state index in [-0.39, 0.29) is 12.4 Å². The Morgan fingerprint density at radius 1 is 0.962 bits per heavy atom. The molecule has 0 aliphatic rings. The van der Waals surface area contributed by atoms with Gasteiger partial charge in [0, 0.05) is 13.1 Å². The van der Waals surface area contributed by atoms with Crippen molar-refractivity contribution in [2.24, 2.45) is 0 Å². The Kier molecular flexibility index (Phi) is 8.08. The van der Waals surface area contributed by atoms with E-state index < -0.39 is 23.3 Å². The van der Waals surface area contributed by atoms with Gasteiger partial charge in [-0.3, -0.25) is 4.79 Å². The zero-order valence-electron chi connectivity index (χ0n) is 16.7. The largest absolute Gasteiger partial charge is 0.460 e. The van der Waals surface area contributed by atoms with Crippen molar-refractivity contribution < 1.29 is 19.1 Å². The Morgan fingerprint density at radius 2 is 1.54 bits per heavy atom. The van der Waals surface area contributed by atoms with Crippen molar-refractivity contribution in [1.29, 1.82) is 0 Å². The molecule has 2 N–H and O–H groups in total. The summed E-state index contributed by atoms with van der Waals surface area (Å²) in [6, 6.07) is 9.48. The minimum absolute atomic E-state index is 0.0678. The fourth-order valence-electron chi connectivity index (χ4n) is 2.22. The lowest BCUT2D eigenvalue weighted by molar-refractivity contribution is -0.155. The number of carbonyl (C=O) groups excluding carboxylic acids is 2. The highest BCUT2D eigenvalue weighted by Crippen LogP contribution is 2.11. The number of rotatable bonds is 7. The number of benzene rings is 1. The van der Waals surface area contributed by atoms with Gasteiger partial charge in [-0.25, -0.2) is 4.79 Å². The number of ether oxygens (including phenoxy) is 2. The third-order valence-electron chi connectivity index (χ3n) is 3.12. The van der Waals surface area contributed by atoms with Crippen LogP contribution in [0.3, 0.4) is 0 Å². The summed E-state index contributed by atoms with van der Waals surface area (Å²) in [6.45, 7) is 11.9. The van der Waals surface area contributed by atoms with Crippen LogP contribution in [0.1, 0.15) is 53.5 Å². The van der Waals surface area contributed by atoms with Crippen LogP contribution < -0.4 is 10.6 Å². The highest BCUT2D eigenvalue weighted by Gasteiger charge is 2.24. The molecule has 0 unspecified atom stereocenters. The lowest BCUT2D eigenvalue weighted by Gasteiger charge is -2.25. The summed E-state index contributed by atoms with van der Waals surface area (Å²) in [5.74, 6) is -0.361. The topological polar surface area (TPSA) is 76.7 Å². The molecule has 0 heterocycles. The minimum Gasteiger partial charge on any atom is -0.460 e. The third kappa shape index (κ3) is 10.7. The molecule has 0 aliphatic heterocycles. The van der Waals surface area contributed by atoms with Crippen LogP contribution >= 0.6 is 0 Å². The lowest BCUT2D eigenvalue weighted by Crippen LogP contribution is -2.45. The number of carbonyl (C=O) groups is 2. The van der Waals surface area contributed by atoms with Gasteiger partial charge < -0.3 is 20.1 Å². The molecule has 146 valence electrons. The molecule has 1 aromatic carbocycles. The molecule has 1 amide bonds. The Bertz CT molecular complexity index is 544. The van der Waals surface area contributed by atoms with Crippen molar-refractivity contribution in [3.05, 3.63) is 35.9 Å². The second-order valence-electron chi connectivity index (χ2n) is 8.25. The molecule has 0 spiro atoms. The SMILES string of the molecule is CC(C)(C)OC(=O)C[C@@H](CNCc1ccccc1)NC(=O)OC(C)(C)C. The van der Waals surface area contributed by atoms with Gasteiger partial charge >= 0.3 is 12.1 Å². The molecule has 0 saturated carbocycles. The number of nitrogens with one attached hydrogen (secondary N) is 2. The monoisotopic (exact) mass is 364 g/mol. The summed E-state index contributed by atoms with van der Waals surface area (Å²) in [4.78, 5) is 24.2. The first-order valence-corrected chi connectivity index (χ1v) is 8.90. The molecule has 1 aromatic rings. The van der Waals surface area contributed by atoms with Crippen LogP contribution in [0, 0.1) is 0 Å². The smallest absolute Gasteiger partial charge is 0.407 e. The van der Waals surface area contributed by atoms with Crippen molar-refractivity contribution in [3.63, 3.8) is 0 Å². The van der Waals surface area contributed by atoms with Gasteiger partial charge in [0.2, 0.25) is 0 Å². The average molecular weight is 364 g/mol. The molecule has 0 aliphatic carbocycles. The first-order chi connectivity index (χ1) is 11.9. The van der Waals surface area contributed by atoms with Crippen LogP contribution in [-0.2, 0) is 20.8 Å². The average Bonchev–Trinajstić information content (AvgIpc) is 2.44. The fraction of sp³-hybridized carbons (Fsp3) is 0.600. The van der Waals surface area contributed by atoms with Crippen LogP contribution in [0.4, 0.5) is 4.79 Å². The van der Waals surface area contributed by atoms with Crippen molar-refractivity contribution in [2.45, 2.75) is 71.8 Å². The van der Waals surface area contributed by atoms with E-state index in [0.29, 0.717) is 13.1 Å². The second-order valence-corrected chi connectivity index (χ2v) is 8.25. The van der Waals surface area contributed by atoms with E-state index in [2.05, 4.69) is 10.6 Å². The van der Waals surface area contributed by atoms with Gasteiger partial charge in [-0.05, 0) is 47.1 Å².